The van der Waals surface area contributed by atoms with E-state index in [2.05, 4.69) is 5.32 Å². The third-order valence-electron chi connectivity index (χ3n) is 6.50. The standard InChI is InChI=1S/C23H30N2O4/c1-4-6-14-25-20(26)18-17(13-12-16-10-8-7-9-11-16)24-23(22(28)29,15(3)5-2)19(18)21(25)27/h7-13,15,17-19,24H,4-6,14H2,1-3H3,(H,28,29). The highest BCUT2D eigenvalue weighted by molar-refractivity contribution is 6.09. The van der Waals surface area contributed by atoms with Crippen LogP contribution in [0.1, 0.15) is 45.6 Å². The van der Waals surface area contributed by atoms with Crippen LogP contribution in [0.3, 0.4) is 0 Å². The Labute approximate surface area is 172 Å². The predicted molar refractivity (Wildman–Crippen MR) is 111 cm³/mol. The van der Waals surface area contributed by atoms with E-state index in [1.54, 1.807) is 0 Å². The minimum Gasteiger partial charge on any atom is -0.480 e. The number of nitrogens with zero attached hydrogens (tertiary/aromatic N) is 1. The molecule has 2 heterocycles. The molecule has 29 heavy (non-hydrogen) atoms. The Kier molecular flexibility index (Phi) is 6.22. The van der Waals surface area contributed by atoms with Crippen LogP contribution in [0.2, 0.25) is 0 Å². The Morgan fingerprint density at radius 1 is 1.24 bits per heavy atom. The molecule has 0 aliphatic carbocycles. The first kappa shape index (κ1) is 21.2. The molecule has 5 unspecified atom stereocenters. The third-order valence-corrected chi connectivity index (χ3v) is 6.50. The van der Waals surface area contributed by atoms with E-state index in [0.717, 1.165) is 18.4 Å². The van der Waals surface area contributed by atoms with Gasteiger partial charge in [0, 0.05) is 12.6 Å². The number of hydrogen-bond donors (Lipinski definition) is 2. The number of unbranched alkanes of at least 4 members (excludes halogenated alkanes) is 1. The highest BCUT2D eigenvalue weighted by atomic mass is 16.4. The SMILES string of the molecule is CCCCN1C(=O)C2C(C=Cc3ccccc3)NC(C(=O)O)(C(C)CC)C2C1=O. The Morgan fingerprint density at radius 2 is 1.93 bits per heavy atom. The van der Waals surface area contributed by atoms with E-state index in [-0.39, 0.29) is 17.7 Å². The van der Waals surface area contributed by atoms with E-state index in [9.17, 15) is 19.5 Å². The van der Waals surface area contributed by atoms with Gasteiger partial charge in [0.05, 0.1) is 11.8 Å². The number of aliphatic carboxylic acids is 1. The molecule has 0 saturated carbocycles. The zero-order valence-corrected chi connectivity index (χ0v) is 17.3. The second kappa shape index (κ2) is 8.49. The molecule has 6 nitrogen and oxygen atoms in total. The molecule has 2 fully saturated rings. The number of fused-ring (bicyclic) bond motifs is 1. The molecular formula is C23H30N2O4. The highest BCUT2D eigenvalue weighted by Crippen LogP contribution is 2.47. The number of amides is 2. The topological polar surface area (TPSA) is 86.7 Å². The Balaban J connectivity index is 2.03. The van der Waals surface area contributed by atoms with Crippen molar-refractivity contribution in [2.24, 2.45) is 17.8 Å². The van der Waals surface area contributed by atoms with Gasteiger partial charge in [0.15, 0.2) is 0 Å². The number of carboxylic acids is 1. The summed E-state index contributed by atoms with van der Waals surface area (Å²) in [6, 6.07) is 9.14. The molecular weight excluding hydrogens is 368 g/mol. The first-order chi connectivity index (χ1) is 13.9. The Bertz CT molecular complexity index is 806. The summed E-state index contributed by atoms with van der Waals surface area (Å²) in [6.45, 7) is 6.11. The van der Waals surface area contributed by atoms with Crippen LogP contribution < -0.4 is 5.32 Å². The van der Waals surface area contributed by atoms with Crippen LogP contribution in [0, 0.1) is 17.8 Å². The Morgan fingerprint density at radius 3 is 2.52 bits per heavy atom. The number of nitrogens with one attached hydrogen (secondary N) is 1. The largest absolute Gasteiger partial charge is 0.480 e. The van der Waals surface area contributed by atoms with Gasteiger partial charge in [-0.05, 0) is 17.9 Å². The van der Waals surface area contributed by atoms with Gasteiger partial charge in [-0.25, -0.2) is 0 Å². The van der Waals surface area contributed by atoms with Crippen LogP contribution in [0.4, 0.5) is 0 Å². The number of likely N-dealkylation sites (tertiary alicyclic amines) is 1. The Hall–Kier alpha value is -2.47. The minimum atomic E-state index is -1.45. The molecule has 156 valence electrons. The third kappa shape index (κ3) is 3.50. The molecule has 5 atom stereocenters. The van der Waals surface area contributed by atoms with Crippen LogP contribution in [-0.2, 0) is 14.4 Å². The molecule has 0 radical (unpaired) electrons. The van der Waals surface area contributed by atoms with Crippen molar-refractivity contribution in [2.45, 2.75) is 51.6 Å². The summed E-state index contributed by atoms with van der Waals surface area (Å²) < 4.78 is 0. The van der Waals surface area contributed by atoms with Crippen molar-refractivity contribution in [3.05, 3.63) is 42.0 Å². The van der Waals surface area contributed by atoms with Gasteiger partial charge in [-0.15, -0.1) is 0 Å². The average Bonchev–Trinajstić information content (AvgIpc) is 3.20. The zero-order chi connectivity index (χ0) is 21.2. The first-order valence-corrected chi connectivity index (χ1v) is 10.5. The van der Waals surface area contributed by atoms with Crippen molar-refractivity contribution in [1.82, 2.24) is 10.2 Å². The summed E-state index contributed by atoms with van der Waals surface area (Å²) >= 11 is 0. The van der Waals surface area contributed by atoms with E-state index in [4.69, 9.17) is 0 Å². The van der Waals surface area contributed by atoms with Gasteiger partial charge in [-0.2, -0.15) is 0 Å². The predicted octanol–water partition coefficient (Wildman–Crippen LogP) is 2.94. The number of imide groups is 1. The molecule has 2 aliphatic heterocycles. The summed E-state index contributed by atoms with van der Waals surface area (Å²) in [5.41, 5.74) is -0.486. The minimum absolute atomic E-state index is 0.255. The average molecular weight is 399 g/mol. The summed E-state index contributed by atoms with van der Waals surface area (Å²) in [4.78, 5) is 40.2. The first-order valence-electron chi connectivity index (χ1n) is 10.5. The number of carbonyl (C=O) groups is 3. The molecule has 1 aromatic rings. The van der Waals surface area contributed by atoms with E-state index in [0.29, 0.717) is 13.0 Å². The fraction of sp³-hybridized carbons (Fsp3) is 0.522. The van der Waals surface area contributed by atoms with Crippen LogP contribution in [-0.4, -0.2) is 45.9 Å². The quantitative estimate of drug-likeness (QED) is 0.658. The maximum atomic E-state index is 13.2. The van der Waals surface area contributed by atoms with Gasteiger partial charge in [0.1, 0.15) is 5.54 Å². The van der Waals surface area contributed by atoms with Crippen molar-refractivity contribution in [3.63, 3.8) is 0 Å². The van der Waals surface area contributed by atoms with E-state index >= 15 is 0 Å². The summed E-state index contributed by atoms with van der Waals surface area (Å²) in [5.74, 6) is -3.54. The lowest BCUT2D eigenvalue weighted by molar-refractivity contribution is -0.154. The summed E-state index contributed by atoms with van der Waals surface area (Å²) in [6.07, 6.45) is 5.90. The molecule has 1 aromatic carbocycles. The van der Waals surface area contributed by atoms with Gasteiger partial charge in [0.25, 0.3) is 0 Å². The van der Waals surface area contributed by atoms with Crippen LogP contribution >= 0.6 is 0 Å². The van der Waals surface area contributed by atoms with Gasteiger partial charge in [-0.3, -0.25) is 24.6 Å². The number of hydrogen-bond acceptors (Lipinski definition) is 4. The molecule has 0 aromatic heterocycles. The monoisotopic (exact) mass is 398 g/mol. The lowest BCUT2D eigenvalue weighted by atomic mass is 9.72. The smallest absolute Gasteiger partial charge is 0.325 e. The lowest BCUT2D eigenvalue weighted by Crippen LogP contribution is -2.60. The molecule has 2 aliphatic rings. The van der Waals surface area contributed by atoms with Crippen molar-refractivity contribution >= 4 is 23.9 Å². The van der Waals surface area contributed by atoms with Crippen LogP contribution in [0.5, 0.6) is 0 Å². The maximum absolute atomic E-state index is 13.2. The van der Waals surface area contributed by atoms with Crippen LogP contribution in [0.25, 0.3) is 6.08 Å². The lowest BCUT2D eigenvalue weighted by Gasteiger charge is -2.35. The molecule has 2 saturated heterocycles. The molecule has 6 heteroatoms. The van der Waals surface area contributed by atoms with Gasteiger partial charge < -0.3 is 5.11 Å². The summed E-state index contributed by atoms with van der Waals surface area (Å²) in [5, 5.41) is 13.4. The fourth-order valence-electron chi connectivity index (χ4n) is 4.71. The van der Waals surface area contributed by atoms with Crippen molar-refractivity contribution in [1.29, 1.82) is 0 Å². The molecule has 0 spiro atoms. The van der Waals surface area contributed by atoms with E-state index < -0.39 is 29.4 Å². The number of carbonyl (C=O) groups excluding carboxylic acids is 2. The van der Waals surface area contributed by atoms with E-state index in [1.807, 2.05) is 63.3 Å². The fourth-order valence-corrected chi connectivity index (χ4v) is 4.71. The summed E-state index contributed by atoms with van der Waals surface area (Å²) in [7, 11) is 0. The van der Waals surface area contributed by atoms with Gasteiger partial charge >= 0.3 is 5.97 Å². The molecule has 2 N–H and O–H groups in total. The van der Waals surface area contributed by atoms with Crippen molar-refractivity contribution in [3.8, 4) is 0 Å². The highest BCUT2D eigenvalue weighted by Gasteiger charge is 2.68. The molecule has 0 bridgehead atoms. The number of rotatable bonds is 8. The molecule has 2 amide bonds. The van der Waals surface area contributed by atoms with Gasteiger partial charge in [0.2, 0.25) is 11.8 Å². The maximum Gasteiger partial charge on any atom is 0.325 e. The number of benzene rings is 1. The zero-order valence-electron chi connectivity index (χ0n) is 17.3. The van der Waals surface area contributed by atoms with Crippen LogP contribution in [0.15, 0.2) is 36.4 Å². The van der Waals surface area contributed by atoms with Crippen molar-refractivity contribution in [2.75, 3.05) is 6.54 Å². The van der Waals surface area contributed by atoms with Gasteiger partial charge in [-0.1, -0.05) is 76.1 Å². The van der Waals surface area contributed by atoms with E-state index in [1.165, 1.54) is 4.90 Å². The normalized spacial score (nSPS) is 30.2. The second-order valence-electron chi connectivity index (χ2n) is 8.11. The van der Waals surface area contributed by atoms with Crippen molar-refractivity contribution < 1.29 is 19.5 Å². The second-order valence-corrected chi connectivity index (χ2v) is 8.11. The number of carboxylic acid groups (broad SMARTS) is 1. The molecule has 3 rings (SSSR count).